The predicted octanol–water partition coefficient (Wildman–Crippen LogP) is 3.23. The number of hydrogen-bond acceptors (Lipinski definition) is 4. The average molecular weight is 401 g/mol. The second-order valence-corrected chi connectivity index (χ2v) is 7.85. The average Bonchev–Trinajstić information content (AvgIpc) is 2.82. The van der Waals surface area contributed by atoms with Crippen molar-refractivity contribution < 1.29 is 19.4 Å². The van der Waals surface area contributed by atoms with Crippen molar-refractivity contribution in [2.75, 3.05) is 13.2 Å². The Kier molecular flexibility index (Phi) is 5.65. The number of rotatable bonds is 5. The standard InChI is InChI=1S/C18H22Cl2N2O4/c1-11-4-2-3-7-18(11)16(24)22(17(25)21-18)9-13(23)10-26-15-6-5-12(19)8-14(15)20/h5-6,8,11,13,23H,2-4,7,9-10H2,1H3,(H,21,25)/t11-,13+,18+/m1/s1. The smallest absolute Gasteiger partial charge is 0.325 e. The van der Waals surface area contributed by atoms with Crippen LogP contribution >= 0.6 is 23.2 Å². The lowest BCUT2D eigenvalue weighted by molar-refractivity contribution is -0.135. The maximum absolute atomic E-state index is 12.9. The maximum Gasteiger partial charge on any atom is 0.325 e. The molecule has 1 spiro atoms. The van der Waals surface area contributed by atoms with Crippen molar-refractivity contribution in [1.29, 1.82) is 0 Å². The van der Waals surface area contributed by atoms with E-state index in [0.29, 0.717) is 22.2 Å². The lowest BCUT2D eigenvalue weighted by Crippen LogP contribution is -2.54. The lowest BCUT2D eigenvalue weighted by atomic mass is 9.73. The van der Waals surface area contributed by atoms with Crippen LogP contribution in [0.4, 0.5) is 4.79 Å². The van der Waals surface area contributed by atoms with E-state index in [2.05, 4.69) is 5.32 Å². The van der Waals surface area contributed by atoms with E-state index in [4.69, 9.17) is 27.9 Å². The summed E-state index contributed by atoms with van der Waals surface area (Å²) in [6, 6.07) is 4.31. The van der Waals surface area contributed by atoms with Crippen molar-refractivity contribution in [2.45, 2.75) is 44.2 Å². The first-order valence-electron chi connectivity index (χ1n) is 8.73. The summed E-state index contributed by atoms with van der Waals surface area (Å²) in [5, 5.41) is 13.9. The zero-order valence-corrected chi connectivity index (χ0v) is 16.0. The second-order valence-electron chi connectivity index (χ2n) is 7.00. The van der Waals surface area contributed by atoms with Gasteiger partial charge in [0.15, 0.2) is 0 Å². The molecule has 1 aromatic carbocycles. The van der Waals surface area contributed by atoms with Crippen LogP contribution < -0.4 is 10.1 Å². The monoisotopic (exact) mass is 400 g/mol. The molecule has 3 amide bonds. The minimum atomic E-state index is -1.02. The third kappa shape index (κ3) is 3.63. The molecule has 0 bridgehead atoms. The molecule has 1 heterocycles. The molecule has 0 aromatic heterocycles. The molecule has 26 heavy (non-hydrogen) atoms. The molecule has 0 unspecified atom stereocenters. The lowest BCUT2D eigenvalue weighted by Gasteiger charge is -2.36. The van der Waals surface area contributed by atoms with E-state index in [1.165, 1.54) is 6.07 Å². The summed E-state index contributed by atoms with van der Waals surface area (Å²) in [6.07, 6.45) is 2.49. The molecule has 0 radical (unpaired) electrons. The number of aliphatic hydroxyl groups excluding tert-OH is 1. The Morgan fingerprint density at radius 3 is 2.85 bits per heavy atom. The molecule has 6 nitrogen and oxygen atoms in total. The Morgan fingerprint density at radius 2 is 2.15 bits per heavy atom. The van der Waals surface area contributed by atoms with Crippen LogP contribution in [0.5, 0.6) is 5.75 Å². The first-order valence-corrected chi connectivity index (χ1v) is 9.49. The fourth-order valence-electron chi connectivity index (χ4n) is 3.70. The van der Waals surface area contributed by atoms with E-state index in [0.717, 1.165) is 24.2 Å². The van der Waals surface area contributed by atoms with E-state index >= 15 is 0 Å². The number of aliphatic hydroxyl groups is 1. The second kappa shape index (κ2) is 7.62. The number of nitrogens with one attached hydrogen (secondary N) is 1. The molecule has 1 aromatic rings. The van der Waals surface area contributed by atoms with Gasteiger partial charge in [0.05, 0.1) is 11.6 Å². The molecule has 2 fully saturated rings. The van der Waals surface area contributed by atoms with E-state index in [1.54, 1.807) is 12.1 Å². The molecule has 1 saturated carbocycles. The van der Waals surface area contributed by atoms with E-state index in [9.17, 15) is 14.7 Å². The third-order valence-electron chi connectivity index (χ3n) is 5.22. The third-order valence-corrected chi connectivity index (χ3v) is 5.75. The van der Waals surface area contributed by atoms with Crippen LogP contribution in [0.3, 0.4) is 0 Å². The first-order chi connectivity index (χ1) is 12.3. The Morgan fingerprint density at radius 1 is 1.38 bits per heavy atom. The van der Waals surface area contributed by atoms with Crippen molar-refractivity contribution in [3.05, 3.63) is 28.2 Å². The van der Waals surface area contributed by atoms with Crippen molar-refractivity contribution >= 4 is 35.1 Å². The summed E-state index contributed by atoms with van der Waals surface area (Å²) >= 11 is 11.9. The number of hydrogen-bond donors (Lipinski definition) is 2. The molecular formula is C18H22Cl2N2O4. The van der Waals surface area contributed by atoms with E-state index < -0.39 is 17.7 Å². The molecule has 1 aliphatic heterocycles. The van der Waals surface area contributed by atoms with Gasteiger partial charge in [0.1, 0.15) is 24.0 Å². The summed E-state index contributed by atoms with van der Waals surface area (Å²) < 4.78 is 5.48. The van der Waals surface area contributed by atoms with Crippen LogP contribution in [0.15, 0.2) is 18.2 Å². The SMILES string of the molecule is C[C@@H]1CCCC[C@]12NC(=O)N(C[C@H](O)COc1ccc(Cl)cc1Cl)C2=O. The molecule has 8 heteroatoms. The zero-order valence-electron chi connectivity index (χ0n) is 14.5. The number of halogens is 2. The van der Waals surface area contributed by atoms with Gasteiger partial charge < -0.3 is 15.2 Å². The molecule has 2 aliphatic rings. The number of ether oxygens (including phenoxy) is 1. The quantitative estimate of drug-likeness (QED) is 0.743. The van der Waals surface area contributed by atoms with Gasteiger partial charge in [-0.25, -0.2) is 4.79 Å². The van der Waals surface area contributed by atoms with Crippen LogP contribution in [0.1, 0.15) is 32.6 Å². The van der Waals surface area contributed by atoms with Gasteiger partial charge >= 0.3 is 6.03 Å². The largest absolute Gasteiger partial charge is 0.489 e. The predicted molar refractivity (Wildman–Crippen MR) is 98.6 cm³/mol. The molecule has 3 rings (SSSR count). The highest BCUT2D eigenvalue weighted by Gasteiger charge is 2.55. The minimum absolute atomic E-state index is 0.0824. The summed E-state index contributed by atoms with van der Waals surface area (Å²) in [5.41, 5.74) is -0.824. The highest BCUT2D eigenvalue weighted by atomic mass is 35.5. The summed E-state index contributed by atoms with van der Waals surface area (Å²) in [4.78, 5) is 26.3. The normalized spacial score (nSPS) is 26.9. The van der Waals surface area contributed by atoms with Crippen molar-refractivity contribution in [2.24, 2.45) is 5.92 Å². The van der Waals surface area contributed by atoms with Gasteiger partial charge in [-0.1, -0.05) is 43.0 Å². The number of amides is 3. The van der Waals surface area contributed by atoms with Gasteiger partial charge in [-0.15, -0.1) is 0 Å². The van der Waals surface area contributed by atoms with E-state index in [-0.39, 0.29) is 25.0 Å². The summed E-state index contributed by atoms with van der Waals surface area (Å²) in [5.74, 6) is 0.210. The topological polar surface area (TPSA) is 78.9 Å². The van der Waals surface area contributed by atoms with Gasteiger partial charge in [-0.05, 0) is 37.0 Å². The Balaban J connectivity index is 1.61. The number of urea groups is 1. The highest BCUT2D eigenvalue weighted by Crippen LogP contribution is 2.38. The number of imide groups is 1. The van der Waals surface area contributed by atoms with Crippen LogP contribution in [-0.2, 0) is 4.79 Å². The van der Waals surface area contributed by atoms with Gasteiger partial charge in [-0.3, -0.25) is 9.69 Å². The van der Waals surface area contributed by atoms with Crippen molar-refractivity contribution in [3.63, 3.8) is 0 Å². The Bertz CT molecular complexity index is 714. The van der Waals surface area contributed by atoms with Crippen LogP contribution in [0, 0.1) is 5.92 Å². The van der Waals surface area contributed by atoms with Crippen molar-refractivity contribution in [3.8, 4) is 5.75 Å². The van der Waals surface area contributed by atoms with E-state index in [1.807, 2.05) is 6.92 Å². The van der Waals surface area contributed by atoms with Gasteiger partial charge in [0.2, 0.25) is 0 Å². The summed E-state index contributed by atoms with van der Waals surface area (Å²) in [6.45, 7) is 1.77. The fraction of sp³-hybridized carbons (Fsp3) is 0.556. The molecule has 2 N–H and O–H groups in total. The van der Waals surface area contributed by atoms with Crippen LogP contribution in [0.25, 0.3) is 0 Å². The Hall–Kier alpha value is -1.50. The van der Waals surface area contributed by atoms with Crippen LogP contribution in [-0.4, -0.2) is 46.7 Å². The van der Waals surface area contributed by atoms with Gasteiger partial charge in [0.25, 0.3) is 5.91 Å². The van der Waals surface area contributed by atoms with Crippen LogP contribution in [0.2, 0.25) is 10.0 Å². The molecule has 1 saturated heterocycles. The minimum Gasteiger partial charge on any atom is -0.489 e. The number of carbonyl (C=O) groups is 2. The maximum atomic E-state index is 12.9. The van der Waals surface area contributed by atoms with Gasteiger partial charge in [0, 0.05) is 5.02 Å². The fourth-order valence-corrected chi connectivity index (χ4v) is 4.17. The number of carbonyl (C=O) groups excluding carboxylic acids is 2. The molecular weight excluding hydrogens is 379 g/mol. The Labute approximate surface area is 162 Å². The number of β-amino-alcohol motifs (C(OH)–C–C–N with tert-alkyl or cyclic N) is 1. The summed E-state index contributed by atoms with van der Waals surface area (Å²) in [7, 11) is 0. The highest BCUT2D eigenvalue weighted by molar-refractivity contribution is 6.35. The number of benzene rings is 1. The molecule has 142 valence electrons. The zero-order chi connectivity index (χ0) is 18.9. The molecule has 1 aliphatic carbocycles. The van der Waals surface area contributed by atoms with Gasteiger partial charge in [-0.2, -0.15) is 0 Å². The van der Waals surface area contributed by atoms with Crippen molar-refractivity contribution in [1.82, 2.24) is 10.2 Å². The molecule has 3 atom stereocenters. The number of nitrogens with zero attached hydrogens (tertiary/aromatic N) is 1. The first kappa shape index (κ1) is 19.3.